The van der Waals surface area contributed by atoms with Gasteiger partial charge in [0.2, 0.25) is 0 Å². The van der Waals surface area contributed by atoms with Crippen LogP contribution >= 0.6 is 0 Å². The molecule has 0 amide bonds. The molecule has 0 radical (unpaired) electrons. The Hall–Kier alpha value is -2.36. The molecule has 0 aromatic heterocycles. The van der Waals surface area contributed by atoms with Crippen LogP contribution in [0.2, 0.25) is 0 Å². The molecule has 0 saturated heterocycles. The van der Waals surface area contributed by atoms with Crippen molar-refractivity contribution in [2.75, 3.05) is 6.54 Å². The molecule has 124 valence electrons. The van der Waals surface area contributed by atoms with Crippen LogP contribution in [0.25, 0.3) is 10.8 Å². The Labute approximate surface area is 142 Å². The summed E-state index contributed by atoms with van der Waals surface area (Å²) < 4.78 is 0. The molecule has 3 N–H and O–H groups in total. The minimum Gasteiger partial charge on any atom is -0.508 e. The van der Waals surface area contributed by atoms with Crippen LogP contribution in [0.5, 0.6) is 5.75 Å². The fraction of sp³-hybridized carbons (Fsp3) is 0.238. The number of phenolic OH excluding ortho intramolecular Hbond substituents is 1. The van der Waals surface area contributed by atoms with Crippen molar-refractivity contribution in [1.82, 2.24) is 5.32 Å². The average molecular weight is 321 g/mol. The molecule has 24 heavy (non-hydrogen) atoms. The highest BCUT2D eigenvalue weighted by Gasteiger charge is 2.11. The number of phenols is 1. The van der Waals surface area contributed by atoms with Crippen LogP contribution in [0, 0.1) is 0 Å². The highest BCUT2D eigenvalue weighted by atomic mass is 16.3. The Morgan fingerprint density at radius 2 is 1.71 bits per heavy atom. The van der Waals surface area contributed by atoms with E-state index in [0.29, 0.717) is 6.54 Å². The van der Waals surface area contributed by atoms with Gasteiger partial charge in [-0.25, -0.2) is 0 Å². The van der Waals surface area contributed by atoms with E-state index in [1.54, 1.807) is 18.2 Å². The smallest absolute Gasteiger partial charge is 0.115 e. The predicted molar refractivity (Wildman–Crippen MR) is 98.2 cm³/mol. The van der Waals surface area contributed by atoms with E-state index >= 15 is 0 Å². The lowest BCUT2D eigenvalue weighted by molar-refractivity contribution is 0.170. The fourth-order valence-electron chi connectivity index (χ4n) is 3.04. The number of nitrogens with one attached hydrogen (secondary N) is 1. The van der Waals surface area contributed by atoms with Gasteiger partial charge in [0.15, 0.2) is 0 Å². The first-order chi connectivity index (χ1) is 11.6. The van der Waals surface area contributed by atoms with Crippen molar-refractivity contribution >= 4 is 10.8 Å². The van der Waals surface area contributed by atoms with Crippen molar-refractivity contribution in [3.8, 4) is 5.75 Å². The molecule has 3 aromatic rings. The summed E-state index contributed by atoms with van der Waals surface area (Å²) in [7, 11) is 0. The highest BCUT2D eigenvalue weighted by molar-refractivity contribution is 5.85. The number of fused-ring (bicyclic) bond motifs is 1. The lowest BCUT2D eigenvalue weighted by atomic mass is 9.99. The molecule has 0 spiro atoms. The first-order valence-corrected chi connectivity index (χ1v) is 8.30. The summed E-state index contributed by atoms with van der Waals surface area (Å²) in [5.41, 5.74) is 2.03. The van der Waals surface area contributed by atoms with Gasteiger partial charge >= 0.3 is 0 Å². The third kappa shape index (κ3) is 3.94. The zero-order chi connectivity index (χ0) is 16.9. The lowest BCUT2D eigenvalue weighted by Crippen LogP contribution is -2.32. The van der Waals surface area contributed by atoms with Crippen LogP contribution in [0.4, 0.5) is 0 Å². The van der Waals surface area contributed by atoms with Crippen molar-refractivity contribution in [2.45, 2.75) is 25.5 Å². The molecular formula is C21H23NO2. The van der Waals surface area contributed by atoms with Crippen molar-refractivity contribution in [1.29, 1.82) is 0 Å². The van der Waals surface area contributed by atoms with Crippen LogP contribution in [0.15, 0.2) is 66.7 Å². The van der Waals surface area contributed by atoms with Gasteiger partial charge in [-0.2, -0.15) is 0 Å². The zero-order valence-corrected chi connectivity index (χ0v) is 13.8. The van der Waals surface area contributed by atoms with E-state index in [1.165, 1.54) is 16.3 Å². The molecule has 3 rings (SSSR count). The van der Waals surface area contributed by atoms with Gasteiger partial charge in [0.05, 0.1) is 6.10 Å². The van der Waals surface area contributed by atoms with E-state index in [-0.39, 0.29) is 11.8 Å². The standard InChI is InChI=1S/C21H23NO2/c1-15(22-14-21(24)18-9-5-10-19(23)13-18)12-17-8-4-7-16-6-2-3-11-20(16)17/h2-11,13,15,21-24H,12,14H2,1H3. The van der Waals surface area contributed by atoms with Gasteiger partial charge < -0.3 is 15.5 Å². The molecule has 2 atom stereocenters. The van der Waals surface area contributed by atoms with Gasteiger partial charge in [-0.1, -0.05) is 54.6 Å². The number of aromatic hydroxyl groups is 1. The van der Waals surface area contributed by atoms with E-state index < -0.39 is 6.10 Å². The number of aliphatic hydroxyl groups excluding tert-OH is 1. The van der Waals surface area contributed by atoms with Crippen LogP contribution in [0.1, 0.15) is 24.2 Å². The van der Waals surface area contributed by atoms with Crippen molar-refractivity contribution in [2.24, 2.45) is 0 Å². The molecule has 2 unspecified atom stereocenters. The second kappa shape index (κ2) is 7.47. The third-order valence-electron chi connectivity index (χ3n) is 4.32. The largest absolute Gasteiger partial charge is 0.508 e. The van der Waals surface area contributed by atoms with Crippen molar-refractivity contribution in [3.05, 3.63) is 77.9 Å². The number of rotatable bonds is 6. The summed E-state index contributed by atoms with van der Waals surface area (Å²) in [6.07, 6.45) is 0.265. The van der Waals surface area contributed by atoms with Crippen LogP contribution in [0.3, 0.4) is 0 Å². The SMILES string of the molecule is CC(Cc1cccc2ccccc12)NCC(O)c1cccc(O)c1. The molecule has 0 heterocycles. The number of hydrogen-bond acceptors (Lipinski definition) is 3. The summed E-state index contributed by atoms with van der Waals surface area (Å²) in [6, 6.07) is 21.8. The molecule has 0 bridgehead atoms. The summed E-state index contributed by atoms with van der Waals surface area (Å²) in [4.78, 5) is 0. The highest BCUT2D eigenvalue weighted by Crippen LogP contribution is 2.20. The maximum absolute atomic E-state index is 10.3. The number of benzene rings is 3. The Balaban J connectivity index is 1.62. The maximum atomic E-state index is 10.3. The zero-order valence-electron chi connectivity index (χ0n) is 13.8. The first-order valence-electron chi connectivity index (χ1n) is 8.30. The quantitative estimate of drug-likeness (QED) is 0.647. The number of aliphatic hydroxyl groups is 1. The van der Waals surface area contributed by atoms with E-state index in [0.717, 1.165) is 12.0 Å². The molecule has 0 saturated carbocycles. The van der Waals surface area contributed by atoms with Crippen LogP contribution < -0.4 is 5.32 Å². The van der Waals surface area contributed by atoms with Crippen LogP contribution in [-0.4, -0.2) is 22.8 Å². The Kier molecular flexibility index (Phi) is 5.14. The van der Waals surface area contributed by atoms with Gasteiger partial charge in [0, 0.05) is 12.6 Å². The summed E-state index contributed by atoms with van der Waals surface area (Å²) in [5, 5.41) is 25.7. The normalized spacial score (nSPS) is 13.8. The first kappa shape index (κ1) is 16.5. The predicted octanol–water partition coefficient (Wildman–Crippen LogP) is 3.80. The van der Waals surface area contributed by atoms with Gasteiger partial charge in [0.1, 0.15) is 5.75 Å². The molecule has 3 heteroatoms. The molecule has 3 aromatic carbocycles. The molecule has 0 aliphatic carbocycles. The lowest BCUT2D eigenvalue weighted by Gasteiger charge is -2.18. The molecule has 3 nitrogen and oxygen atoms in total. The average Bonchev–Trinajstić information content (AvgIpc) is 2.60. The van der Waals surface area contributed by atoms with Crippen LogP contribution in [-0.2, 0) is 6.42 Å². The number of hydrogen-bond donors (Lipinski definition) is 3. The van der Waals surface area contributed by atoms with E-state index in [1.807, 2.05) is 6.07 Å². The summed E-state index contributed by atoms with van der Waals surface area (Å²) in [5.74, 6) is 0.176. The summed E-state index contributed by atoms with van der Waals surface area (Å²) >= 11 is 0. The van der Waals surface area contributed by atoms with E-state index in [9.17, 15) is 10.2 Å². The second-order valence-corrected chi connectivity index (χ2v) is 6.26. The van der Waals surface area contributed by atoms with Gasteiger partial charge in [-0.15, -0.1) is 0 Å². The second-order valence-electron chi connectivity index (χ2n) is 6.26. The molecule has 0 aliphatic heterocycles. The van der Waals surface area contributed by atoms with Crippen molar-refractivity contribution < 1.29 is 10.2 Å². The van der Waals surface area contributed by atoms with Gasteiger partial charge in [-0.3, -0.25) is 0 Å². The maximum Gasteiger partial charge on any atom is 0.115 e. The van der Waals surface area contributed by atoms with E-state index in [4.69, 9.17) is 0 Å². The monoisotopic (exact) mass is 321 g/mol. The van der Waals surface area contributed by atoms with Gasteiger partial charge in [-0.05, 0) is 47.4 Å². The topological polar surface area (TPSA) is 52.5 Å². The van der Waals surface area contributed by atoms with Gasteiger partial charge in [0.25, 0.3) is 0 Å². The molecule has 0 aliphatic rings. The Morgan fingerprint density at radius 3 is 2.54 bits per heavy atom. The third-order valence-corrected chi connectivity index (χ3v) is 4.32. The van der Waals surface area contributed by atoms with E-state index in [2.05, 4.69) is 54.7 Å². The minimum absolute atomic E-state index is 0.176. The summed E-state index contributed by atoms with van der Waals surface area (Å²) in [6.45, 7) is 2.58. The fourth-order valence-corrected chi connectivity index (χ4v) is 3.04. The Bertz CT molecular complexity index is 810. The Morgan fingerprint density at radius 1 is 0.958 bits per heavy atom. The minimum atomic E-state index is -0.632. The molecular weight excluding hydrogens is 298 g/mol. The van der Waals surface area contributed by atoms with Crippen molar-refractivity contribution in [3.63, 3.8) is 0 Å². The molecule has 0 fully saturated rings.